The molecule has 1 saturated carbocycles. The fraction of sp³-hybridized carbons (Fsp3) is 0.533. The maximum Gasteiger partial charge on any atom is 0.277 e. The summed E-state index contributed by atoms with van der Waals surface area (Å²) in [5.74, 6) is -3.86. The minimum atomic E-state index is -3.39. The number of benzene rings is 1. The van der Waals surface area contributed by atoms with E-state index in [1.54, 1.807) is 0 Å². The van der Waals surface area contributed by atoms with Crippen LogP contribution in [0.3, 0.4) is 0 Å². The second-order valence-corrected chi connectivity index (χ2v) is 7.95. The Hall–Kier alpha value is -1.25. The largest absolute Gasteiger partial charge is 0.346 e. The Morgan fingerprint density at radius 2 is 1.75 bits per heavy atom. The Balaban J connectivity index is 0.00000288. The zero-order valence-corrected chi connectivity index (χ0v) is 14.6. The van der Waals surface area contributed by atoms with Gasteiger partial charge >= 0.3 is 0 Å². The number of carbonyl (C=O) groups is 1. The van der Waals surface area contributed by atoms with Crippen molar-refractivity contribution in [3.63, 3.8) is 0 Å². The molecule has 1 aliphatic rings. The first kappa shape index (κ1) is 20.8. The molecule has 24 heavy (non-hydrogen) atoms. The Labute approximate surface area is 146 Å². The van der Waals surface area contributed by atoms with Crippen LogP contribution in [-0.2, 0) is 9.84 Å². The third-order valence-electron chi connectivity index (χ3n) is 3.99. The average molecular weight is 383 g/mol. The van der Waals surface area contributed by atoms with Gasteiger partial charge in [0, 0.05) is 5.56 Å². The van der Waals surface area contributed by atoms with Gasteiger partial charge in [-0.3, -0.25) is 4.79 Å². The lowest BCUT2D eigenvalue weighted by Gasteiger charge is -2.15. The molecular weight excluding hydrogens is 362 g/mol. The maximum atomic E-state index is 13.0. The van der Waals surface area contributed by atoms with Crippen LogP contribution in [0.2, 0.25) is 0 Å². The number of hydrogen-bond acceptors (Lipinski definition) is 4. The molecule has 5 nitrogen and oxygen atoms in total. The molecule has 9 heteroatoms. The molecule has 0 radical (unpaired) electrons. The molecule has 1 aromatic carbocycles. The molecule has 0 spiro atoms. The highest BCUT2D eigenvalue weighted by Gasteiger charge is 2.30. The van der Waals surface area contributed by atoms with Crippen LogP contribution >= 0.6 is 12.4 Å². The molecule has 0 heterocycles. The molecule has 0 saturated heterocycles. The van der Waals surface area contributed by atoms with Gasteiger partial charge in [0.05, 0.1) is 23.2 Å². The smallest absolute Gasteiger partial charge is 0.277 e. The van der Waals surface area contributed by atoms with Crippen molar-refractivity contribution < 1.29 is 22.0 Å². The summed E-state index contributed by atoms with van der Waals surface area (Å²) in [6, 6.07) is 5.36. The monoisotopic (exact) mass is 382 g/mol. The number of nitrogens with one attached hydrogen (secondary N) is 1. The van der Waals surface area contributed by atoms with Crippen LogP contribution in [0.4, 0.5) is 8.78 Å². The van der Waals surface area contributed by atoms with Gasteiger partial charge in [0.1, 0.15) is 0 Å². The van der Waals surface area contributed by atoms with E-state index in [0.29, 0.717) is 12.8 Å². The van der Waals surface area contributed by atoms with E-state index in [1.807, 2.05) is 0 Å². The molecule has 136 valence electrons. The molecule has 0 bridgehead atoms. The third kappa shape index (κ3) is 4.87. The minimum Gasteiger partial charge on any atom is -0.346 e. The fourth-order valence-electron chi connectivity index (χ4n) is 2.57. The molecule has 0 atom stereocenters. The quantitative estimate of drug-likeness (QED) is 0.788. The van der Waals surface area contributed by atoms with E-state index in [4.69, 9.17) is 5.73 Å². The van der Waals surface area contributed by atoms with Gasteiger partial charge in [0.15, 0.2) is 9.84 Å². The lowest BCUT2D eigenvalue weighted by atomic mass is 10.2. The molecule has 0 aliphatic heterocycles. The van der Waals surface area contributed by atoms with Gasteiger partial charge in [-0.1, -0.05) is 12.8 Å². The first-order chi connectivity index (χ1) is 10.8. The predicted octanol–water partition coefficient (Wildman–Crippen LogP) is 2.15. The van der Waals surface area contributed by atoms with Gasteiger partial charge in [-0.15, -0.1) is 12.4 Å². The molecule has 0 aromatic heterocycles. The van der Waals surface area contributed by atoms with E-state index in [-0.39, 0.29) is 28.1 Å². The van der Waals surface area contributed by atoms with Crippen molar-refractivity contribution in [2.24, 2.45) is 5.73 Å². The van der Waals surface area contributed by atoms with Crippen LogP contribution < -0.4 is 11.1 Å². The SMILES string of the molecule is Cl.NCC(F)(F)CNC(=O)c1ccc(S(=O)(=O)C2CCCC2)cc1. The van der Waals surface area contributed by atoms with E-state index in [9.17, 15) is 22.0 Å². The van der Waals surface area contributed by atoms with Crippen LogP contribution in [0.5, 0.6) is 0 Å². The van der Waals surface area contributed by atoms with Crippen molar-refractivity contribution >= 4 is 28.2 Å². The Bertz CT molecular complexity index is 660. The molecule has 0 unspecified atom stereocenters. The number of sulfone groups is 1. The van der Waals surface area contributed by atoms with Crippen molar-refractivity contribution in [2.75, 3.05) is 13.1 Å². The lowest BCUT2D eigenvalue weighted by Crippen LogP contribution is -2.41. The van der Waals surface area contributed by atoms with Crippen LogP contribution in [0.25, 0.3) is 0 Å². The van der Waals surface area contributed by atoms with Crippen molar-refractivity contribution in [3.05, 3.63) is 29.8 Å². The first-order valence-electron chi connectivity index (χ1n) is 7.46. The van der Waals surface area contributed by atoms with Gasteiger partial charge < -0.3 is 11.1 Å². The number of hydrogen-bond donors (Lipinski definition) is 2. The fourth-order valence-corrected chi connectivity index (χ4v) is 4.43. The number of nitrogens with two attached hydrogens (primary N) is 1. The minimum absolute atomic E-state index is 0. The second kappa shape index (κ2) is 8.22. The van der Waals surface area contributed by atoms with Crippen molar-refractivity contribution in [3.8, 4) is 0 Å². The van der Waals surface area contributed by atoms with Gasteiger partial charge in [-0.2, -0.15) is 0 Å². The zero-order valence-electron chi connectivity index (χ0n) is 13.0. The summed E-state index contributed by atoms with van der Waals surface area (Å²) in [6.45, 7) is -1.71. The molecule has 1 aliphatic carbocycles. The zero-order chi connectivity index (χ0) is 17.1. The first-order valence-corrected chi connectivity index (χ1v) is 9.01. The molecule has 1 amide bonds. The van der Waals surface area contributed by atoms with E-state index >= 15 is 0 Å². The molecule has 1 fully saturated rings. The summed E-state index contributed by atoms with van der Waals surface area (Å²) in [4.78, 5) is 12.0. The van der Waals surface area contributed by atoms with Gasteiger partial charge in [-0.25, -0.2) is 17.2 Å². The molecule has 2 rings (SSSR count). The summed E-state index contributed by atoms with van der Waals surface area (Å²) in [6.07, 6.45) is 3.11. The number of amides is 1. The van der Waals surface area contributed by atoms with Gasteiger partial charge in [-0.05, 0) is 37.1 Å². The Morgan fingerprint density at radius 1 is 1.21 bits per heavy atom. The summed E-state index contributed by atoms with van der Waals surface area (Å²) < 4.78 is 50.8. The van der Waals surface area contributed by atoms with Crippen LogP contribution in [0, 0.1) is 0 Å². The Morgan fingerprint density at radius 3 is 2.25 bits per heavy atom. The molecule has 1 aromatic rings. The van der Waals surface area contributed by atoms with E-state index in [1.165, 1.54) is 24.3 Å². The number of rotatable bonds is 6. The highest BCUT2D eigenvalue weighted by Crippen LogP contribution is 2.29. The summed E-state index contributed by atoms with van der Waals surface area (Å²) in [5, 5.41) is 1.72. The lowest BCUT2D eigenvalue weighted by molar-refractivity contribution is 0.0118. The van der Waals surface area contributed by atoms with E-state index < -0.39 is 34.8 Å². The molecular formula is C15H21ClF2N2O3S. The normalized spacial score (nSPS) is 15.8. The standard InChI is InChI=1S/C15H20F2N2O3S.ClH/c16-15(17,9-18)10-19-14(20)11-5-7-13(8-6-11)23(21,22)12-3-1-2-4-12;/h5-8,12H,1-4,9-10,18H2,(H,19,20);1H. The van der Waals surface area contributed by atoms with Crippen molar-refractivity contribution in [2.45, 2.75) is 41.8 Å². The van der Waals surface area contributed by atoms with Gasteiger partial charge in [0.25, 0.3) is 11.8 Å². The summed E-state index contributed by atoms with van der Waals surface area (Å²) >= 11 is 0. The summed E-state index contributed by atoms with van der Waals surface area (Å²) in [7, 11) is -3.39. The number of alkyl halides is 2. The van der Waals surface area contributed by atoms with Crippen LogP contribution in [-0.4, -0.2) is 38.6 Å². The van der Waals surface area contributed by atoms with E-state index in [0.717, 1.165) is 12.8 Å². The summed E-state index contributed by atoms with van der Waals surface area (Å²) in [5.41, 5.74) is 5.02. The second-order valence-electron chi connectivity index (χ2n) is 5.72. The Kier molecular flexibility index (Phi) is 7.12. The number of carbonyl (C=O) groups excluding carboxylic acids is 1. The van der Waals surface area contributed by atoms with Crippen molar-refractivity contribution in [1.82, 2.24) is 5.32 Å². The highest BCUT2D eigenvalue weighted by molar-refractivity contribution is 7.92. The molecule has 3 N–H and O–H groups in total. The van der Waals surface area contributed by atoms with E-state index in [2.05, 4.69) is 5.32 Å². The number of halogens is 3. The highest BCUT2D eigenvalue weighted by atomic mass is 35.5. The van der Waals surface area contributed by atoms with Crippen molar-refractivity contribution in [1.29, 1.82) is 0 Å². The maximum absolute atomic E-state index is 13.0. The third-order valence-corrected chi connectivity index (χ3v) is 6.27. The van der Waals surface area contributed by atoms with Crippen LogP contribution in [0.1, 0.15) is 36.0 Å². The average Bonchev–Trinajstić information content (AvgIpc) is 3.08. The van der Waals surface area contributed by atoms with Crippen LogP contribution in [0.15, 0.2) is 29.2 Å². The van der Waals surface area contributed by atoms with Gasteiger partial charge in [0.2, 0.25) is 0 Å². The predicted molar refractivity (Wildman–Crippen MR) is 89.5 cm³/mol. The topological polar surface area (TPSA) is 89.3 Å².